The lowest BCUT2D eigenvalue weighted by Gasteiger charge is -2.24. The average Bonchev–Trinajstić information content (AvgIpc) is 2.40. The van der Waals surface area contributed by atoms with E-state index in [9.17, 15) is 4.79 Å². The Labute approximate surface area is 130 Å². The van der Waals surface area contributed by atoms with E-state index < -0.39 is 0 Å². The van der Waals surface area contributed by atoms with Crippen LogP contribution in [0.4, 0.5) is 0 Å². The molecule has 112 valence electrons. The average molecular weight is 319 g/mol. The minimum absolute atomic E-state index is 0. The first-order chi connectivity index (χ1) is 9.16. The summed E-state index contributed by atoms with van der Waals surface area (Å²) in [7, 11) is 0. The van der Waals surface area contributed by atoms with Crippen molar-refractivity contribution in [3.8, 4) is 0 Å². The number of rotatable bonds is 4. The highest BCUT2D eigenvalue weighted by Gasteiger charge is 2.19. The molecular formula is C14H20Cl2N2O2. The Morgan fingerprint density at radius 2 is 2.30 bits per heavy atom. The largest absolute Gasteiger partial charge is 0.375 e. The lowest BCUT2D eigenvalue weighted by molar-refractivity contribution is -0.125. The Kier molecular flexibility index (Phi) is 7.30. The summed E-state index contributed by atoms with van der Waals surface area (Å²) in [5.74, 6) is -0.0129. The van der Waals surface area contributed by atoms with E-state index >= 15 is 0 Å². The Morgan fingerprint density at radius 3 is 2.95 bits per heavy atom. The standard InChI is InChI=1S/C14H19ClN2O2.ClH/c1-10(12-4-2-3-5-13(12)15)17-14(18)8-11-9-16-6-7-19-11;/h2-5,10-11,16H,6-9H2,1H3,(H,17,18);1H. The summed E-state index contributed by atoms with van der Waals surface area (Å²) >= 11 is 6.11. The molecule has 6 heteroatoms. The second-order valence-corrected chi connectivity index (χ2v) is 5.12. The van der Waals surface area contributed by atoms with Crippen LogP contribution in [-0.4, -0.2) is 31.7 Å². The molecule has 1 aromatic carbocycles. The van der Waals surface area contributed by atoms with Gasteiger partial charge in [-0.3, -0.25) is 4.79 Å². The molecule has 1 fully saturated rings. The van der Waals surface area contributed by atoms with Gasteiger partial charge in [-0.1, -0.05) is 29.8 Å². The highest BCUT2D eigenvalue weighted by molar-refractivity contribution is 6.31. The van der Waals surface area contributed by atoms with Crippen LogP contribution in [0.2, 0.25) is 5.02 Å². The zero-order chi connectivity index (χ0) is 13.7. The predicted octanol–water partition coefficient (Wildman–Crippen LogP) is 2.32. The van der Waals surface area contributed by atoms with Gasteiger partial charge < -0.3 is 15.4 Å². The molecule has 20 heavy (non-hydrogen) atoms. The first kappa shape index (κ1) is 17.2. The molecule has 1 saturated heterocycles. The third kappa shape index (κ3) is 4.94. The normalized spacial score (nSPS) is 19.8. The van der Waals surface area contributed by atoms with Crippen molar-refractivity contribution in [2.45, 2.75) is 25.5 Å². The van der Waals surface area contributed by atoms with Gasteiger partial charge >= 0.3 is 0 Å². The van der Waals surface area contributed by atoms with Crippen LogP contribution in [0.1, 0.15) is 24.9 Å². The Bertz CT molecular complexity index is 437. The lowest BCUT2D eigenvalue weighted by Crippen LogP contribution is -2.41. The maximum absolute atomic E-state index is 11.9. The van der Waals surface area contributed by atoms with Crippen molar-refractivity contribution in [2.24, 2.45) is 0 Å². The van der Waals surface area contributed by atoms with Crippen LogP contribution in [0, 0.1) is 0 Å². The first-order valence-electron chi connectivity index (χ1n) is 6.53. The van der Waals surface area contributed by atoms with Crippen molar-refractivity contribution in [3.63, 3.8) is 0 Å². The summed E-state index contributed by atoms with van der Waals surface area (Å²) in [5.41, 5.74) is 0.931. The number of nitrogens with one attached hydrogen (secondary N) is 2. The monoisotopic (exact) mass is 318 g/mol. The molecule has 0 aromatic heterocycles. The maximum Gasteiger partial charge on any atom is 0.223 e. The minimum Gasteiger partial charge on any atom is -0.375 e. The first-order valence-corrected chi connectivity index (χ1v) is 6.90. The van der Waals surface area contributed by atoms with E-state index in [1.54, 1.807) is 0 Å². The number of carbonyl (C=O) groups is 1. The summed E-state index contributed by atoms with van der Waals surface area (Å²) in [5, 5.41) is 6.83. The van der Waals surface area contributed by atoms with Crippen LogP contribution in [-0.2, 0) is 9.53 Å². The van der Waals surface area contributed by atoms with Gasteiger partial charge in [-0.05, 0) is 18.6 Å². The van der Waals surface area contributed by atoms with E-state index in [0.29, 0.717) is 18.1 Å². The molecule has 2 rings (SSSR count). The molecule has 0 saturated carbocycles. The van der Waals surface area contributed by atoms with Crippen LogP contribution in [0.5, 0.6) is 0 Å². The van der Waals surface area contributed by atoms with Crippen molar-refractivity contribution >= 4 is 29.9 Å². The SMILES string of the molecule is CC(NC(=O)CC1CNCCO1)c1ccccc1Cl.Cl. The zero-order valence-electron chi connectivity index (χ0n) is 11.4. The number of halogens is 2. The van der Waals surface area contributed by atoms with Gasteiger partial charge in [0.05, 0.1) is 25.2 Å². The summed E-state index contributed by atoms with van der Waals surface area (Å²) in [6.07, 6.45) is 0.342. The fourth-order valence-corrected chi connectivity index (χ4v) is 2.46. The molecule has 0 spiro atoms. The van der Waals surface area contributed by atoms with Gasteiger partial charge in [0.25, 0.3) is 0 Å². The molecule has 1 aliphatic rings. The fraction of sp³-hybridized carbons (Fsp3) is 0.500. The van der Waals surface area contributed by atoms with Crippen LogP contribution < -0.4 is 10.6 Å². The third-order valence-electron chi connectivity index (χ3n) is 3.17. The maximum atomic E-state index is 11.9. The van der Waals surface area contributed by atoms with E-state index in [-0.39, 0.29) is 30.5 Å². The van der Waals surface area contributed by atoms with Gasteiger partial charge in [-0.2, -0.15) is 0 Å². The molecule has 1 heterocycles. The molecule has 1 aliphatic heterocycles. The van der Waals surface area contributed by atoms with Crippen molar-refractivity contribution < 1.29 is 9.53 Å². The highest BCUT2D eigenvalue weighted by atomic mass is 35.5. The number of amides is 1. The fourth-order valence-electron chi connectivity index (χ4n) is 2.16. The lowest BCUT2D eigenvalue weighted by atomic mass is 10.1. The molecule has 0 bridgehead atoms. The smallest absolute Gasteiger partial charge is 0.223 e. The number of benzene rings is 1. The van der Waals surface area contributed by atoms with Gasteiger partial charge in [0.15, 0.2) is 0 Å². The molecule has 2 unspecified atom stereocenters. The minimum atomic E-state index is -0.0993. The Morgan fingerprint density at radius 1 is 1.55 bits per heavy atom. The quantitative estimate of drug-likeness (QED) is 0.895. The number of hydrogen-bond acceptors (Lipinski definition) is 3. The van der Waals surface area contributed by atoms with Crippen LogP contribution in [0.3, 0.4) is 0 Å². The molecule has 0 radical (unpaired) electrons. The van der Waals surface area contributed by atoms with Crippen molar-refractivity contribution in [1.29, 1.82) is 0 Å². The second-order valence-electron chi connectivity index (χ2n) is 4.71. The topological polar surface area (TPSA) is 50.4 Å². The number of hydrogen-bond donors (Lipinski definition) is 2. The van der Waals surface area contributed by atoms with Gasteiger partial charge in [0.1, 0.15) is 0 Å². The summed E-state index contributed by atoms with van der Waals surface area (Å²) in [6, 6.07) is 7.44. The van der Waals surface area contributed by atoms with E-state index in [2.05, 4.69) is 10.6 Å². The van der Waals surface area contributed by atoms with Crippen LogP contribution in [0.25, 0.3) is 0 Å². The predicted molar refractivity (Wildman–Crippen MR) is 82.5 cm³/mol. The summed E-state index contributed by atoms with van der Waals surface area (Å²) in [4.78, 5) is 11.9. The second kappa shape index (κ2) is 8.47. The van der Waals surface area contributed by atoms with Gasteiger partial charge in [-0.15, -0.1) is 12.4 Å². The molecule has 2 atom stereocenters. The number of morpholine rings is 1. The molecular weight excluding hydrogens is 299 g/mol. The molecule has 4 nitrogen and oxygen atoms in total. The molecule has 1 amide bonds. The van der Waals surface area contributed by atoms with Crippen LogP contribution in [0.15, 0.2) is 24.3 Å². The molecule has 0 aliphatic carbocycles. The van der Waals surface area contributed by atoms with Crippen LogP contribution >= 0.6 is 24.0 Å². The summed E-state index contributed by atoms with van der Waals surface area (Å²) < 4.78 is 5.51. The van der Waals surface area contributed by atoms with Crippen molar-refractivity contribution in [1.82, 2.24) is 10.6 Å². The van der Waals surface area contributed by atoms with Crippen molar-refractivity contribution in [2.75, 3.05) is 19.7 Å². The van der Waals surface area contributed by atoms with E-state index in [4.69, 9.17) is 16.3 Å². The summed E-state index contributed by atoms with van der Waals surface area (Å²) in [6.45, 7) is 4.18. The highest BCUT2D eigenvalue weighted by Crippen LogP contribution is 2.22. The van der Waals surface area contributed by atoms with Gasteiger partial charge in [-0.25, -0.2) is 0 Å². The van der Waals surface area contributed by atoms with Gasteiger partial charge in [0.2, 0.25) is 5.91 Å². The van der Waals surface area contributed by atoms with E-state index in [1.165, 1.54) is 0 Å². The Balaban J connectivity index is 0.00000200. The molecule has 1 aromatic rings. The Hall–Kier alpha value is -0.810. The third-order valence-corrected chi connectivity index (χ3v) is 3.51. The zero-order valence-corrected chi connectivity index (χ0v) is 13.0. The number of ether oxygens (including phenoxy) is 1. The van der Waals surface area contributed by atoms with Gasteiger partial charge in [0, 0.05) is 18.1 Å². The van der Waals surface area contributed by atoms with Crippen molar-refractivity contribution in [3.05, 3.63) is 34.9 Å². The van der Waals surface area contributed by atoms with E-state index in [1.807, 2.05) is 31.2 Å². The van der Waals surface area contributed by atoms with E-state index in [0.717, 1.165) is 18.7 Å². The number of carbonyl (C=O) groups excluding carboxylic acids is 1. The molecule has 2 N–H and O–H groups in total.